The zero-order valence-corrected chi connectivity index (χ0v) is 52.9. The fraction of sp³-hybridized carbons (Fsp3) is 0.714. The van der Waals surface area contributed by atoms with Gasteiger partial charge in [-0.25, -0.2) is 0 Å². The fourth-order valence-electron chi connectivity index (χ4n) is 10.0. The molecule has 3 aliphatic rings. The predicted octanol–water partition coefficient (Wildman–Crippen LogP) is 13.9. The third kappa shape index (κ3) is 18.4. The molecule has 0 spiro atoms. The summed E-state index contributed by atoms with van der Waals surface area (Å²) < 4.78 is 0. The van der Waals surface area contributed by atoms with Crippen molar-refractivity contribution in [1.29, 1.82) is 0 Å². The summed E-state index contributed by atoms with van der Waals surface area (Å²) in [6.45, 7) is 50.0. The summed E-state index contributed by atoms with van der Waals surface area (Å²) in [6, 6.07) is 12.8. The summed E-state index contributed by atoms with van der Waals surface area (Å²) in [5, 5.41) is 42.6. The number of hydrogen-bond acceptors (Lipinski definition) is 6. The van der Waals surface area contributed by atoms with Gasteiger partial charge in [0.15, 0.2) is 0 Å². The van der Waals surface area contributed by atoms with Crippen LogP contribution >= 0.6 is 0 Å². The standard InChI is InChI=1S/C51H81N3O3.2C6H12.U/c1-46(2,3)37-25-34(43(55)40(28-37)49(10,11)12)31-52-19-21-53(32-35-26-38(47(4,5)6)29-41(44(35)56)50(13,14)15)23-24-54(22-20-52)33-36-27-39(48(7,8)9)30-42(45(36)57)51(16,17)18;2*1-6-4-2-3-5-6;/h25-30,55-57H,19-24,31-33H2,1-18H3;2*6H,2-5H2,1H3;/q;;;+3/p-3. The molecule has 3 aromatic carbocycles. The molecule has 2 saturated carbocycles. The Morgan fingerprint density at radius 1 is 0.357 bits per heavy atom. The van der Waals surface area contributed by atoms with Crippen molar-refractivity contribution < 1.29 is 46.4 Å². The average Bonchev–Trinajstić information content (AvgIpc) is 3.91. The van der Waals surface area contributed by atoms with Crippen molar-refractivity contribution in [3.63, 3.8) is 0 Å². The largest absolute Gasteiger partial charge is 3.00 e. The molecule has 70 heavy (non-hydrogen) atoms. The van der Waals surface area contributed by atoms with Crippen molar-refractivity contribution in [2.24, 2.45) is 11.8 Å². The summed E-state index contributed by atoms with van der Waals surface area (Å²) in [7, 11) is 0. The molecule has 0 aromatic heterocycles. The van der Waals surface area contributed by atoms with Gasteiger partial charge >= 0.3 is 31.1 Å². The molecule has 0 amide bonds. The minimum absolute atomic E-state index is 0. The Labute approximate surface area is 455 Å². The van der Waals surface area contributed by atoms with Crippen LogP contribution in [-0.2, 0) is 52.1 Å². The molecule has 0 bridgehead atoms. The third-order valence-corrected chi connectivity index (χ3v) is 15.2. The van der Waals surface area contributed by atoms with Crippen LogP contribution in [0.4, 0.5) is 0 Å². The average molecular weight is 1190 g/mol. The normalized spacial score (nSPS) is 18.0. The van der Waals surface area contributed by atoms with E-state index in [0.29, 0.717) is 19.6 Å². The molecular weight excluding hydrogens is 1080 g/mol. The maximum Gasteiger partial charge on any atom is 3.00 e. The summed E-state index contributed by atoms with van der Waals surface area (Å²) in [5.41, 5.74) is 7.54. The van der Waals surface area contributed by atoms with Gasteiger partial charge in [-0.2, -0.15) is 0 Å². The smallest absolute Gasteiger partial charge is 0.872 e. The number of benzene rings is 3. The molecule has 0 N–H and O–H groups in total. The van der Waals surface area contributed by atoms with Crippen molar-refractivity contribution in [3.8, 4) is 17.2 Å². The van der Waals surface area contributed by atoms with Crippen molar-refractivity contribution in [3.05, 3.63) is 86.5 Å². The summed E-state index contributed by atoms with van der Waals surface area (Å²) in [5.74, 6) is 2.51. The Morgan fingerprint density at radius 2 is 0.557 bits per heavy atom. The van der Waals surface area contributed by atoms with Crippen LogP contribution in [0.15, 0.2) is 36.4 Å². The molecule has 2 aliphatic carbocycles. The fourth-order valence-corrected chi connectivity index (χ4v) is 10.0. The van der Waals surface area contributed by atoms with Crippen LogP contribution in [0.25, 0.3) is 0 Å². The van der Waals surface area contributed by atoms with E-state index in [9.17, 15) is 15.3 Å². The summed E-state index contributed by atoms with van der Waals surface area (Å²) >= 11 is 0. The first kappa shape index (κ1) is 62.3. The quantitative estimate of drug-likeness (QED) is 0.245. The van der Waals surface area contributed by atoms with Gasteiger partial charge in [0.2, 0.25) is 0 Å². The van der Waals surface area contributed by atoms with Gasteiger partial charge in [0.05, 0.1) is 0 Å². The van der Waals surface area contributed by atoms with Crippen LogP contribution in [0.1, 0.15) is 240 Å². The first-order chi connectivity index (χ1) is 31.5. The van der Waals surface area contributed by atoms with Crippen LogP contribution in [0.3, 0.4) is 0 Å². The van der Waals surface area contributed by atoms with Gasteiger partial charge in [-0.15, -0.1) is 17.2 Å². The van der Waals surface area contributed by atoms with E-state index in [1.165, 1.54) is 68.1 Å². The minimum Gasteiger partial charge on any atom is -0.872 e. The monoisotopic (exact) mass is 1190 g/mol. The van der Waals surface area contributed by atoms with Gasteiger partial charge in [-0.1, -0.05) is 226 Å². The van der Waals surface area contributed by atoms with Gasteiger partial charge in [0.25, 0.3) is 0 Å². The van der Waals surface area contributed by atoms with E-state index < -0.39 is 0 Å². The zero-order valence-electron chi connectivity index (χ0n) is 48.7. The van der Waals surface area contributed by atoms with Gasteiger partial charge in [-0.3, -0.25) is 14.7 Å². The van der Waals surface area contributed by atoms with Crippen molar-refractivity contribution in [1.82, 2.24) is 14.7 Å². The molecule has 6 nitrogen and oxygen atoms in total. The summed E-state index contributed by atoms with van der Waals surface area (Å²) in [4.78, 5) is 7.28. The Kier molecular flexibility index (Phi) is 22.3. The van der Waals surface area contributed by atoms with Gasteiger partial charge < -0.3 is 15.3 Å². The molecule has 1 heterocycles. The molecule has 1 aliphatic heterocycles. The number of rotatable bonds is 6. The Morgan fingerprint density at radius 3 is 0.700 bits per heavy atom. The first-order valence-corrected chi connectivity index (χ1v) is 27.3. The van der Waals surface area contributed by atoms with Gasteiger partial charge in [-0.05, 0) is 94.4 Å². The second-order valence-corrected chi connectivity index (χ2v) is 28.1. The minimum atomic E-state index is -0.276. The zero-order chi connectivity index (χ0) is 52.1. The Bertz CT molecular complexity index is 1860. The van der Waals surface area contributed by atoms with E-state index in [0.717, 1.165) is 84.5 Å². The number of hydrogen-bond donors (Lipinski definition) is 0. The molecule has 0 unspecified atom stereocenters. The van der Waals surface area contributed by atoms with Crippen LogP contribution < -0.4 is 15.3 Å². The second kappa shape index (κ2) is 25.0. The molecule has 391 valence electrons. The van der Waals surface area contributed by atoms with E-state index in [4.69, 9.17) is 0 Å². The molecule has 7 heteroatoms. The van der Waals surface area contributed by atoms with Crippen LogP contribution in [0.2, 0.25) is 0 Å². The van der Waals surface area contributed by atoms with Crippen LogP contribution in [0, 0.1) is 42.9 Å². The molecule has 1 saturated heterocycles. The Balaban J connectivity index is 0.000000865. The molecule has 6 rings (SSSR count). The SMILES string of the molecule is CC(C)(C)c1cc(CN2CCN(Cc3cc(C(C)(C)C)cc(C(C)(C)C)c3[O-])CCN(Cc3cc(C(C)(C)C)cc(C(C)(C)C)c3[O-])CC2)c([O-])c(C(C)(C)C)c1.CC1CCCC1.CC1CCCC1.[U+3]. The topological polar surface area (TPSA) is 78.9 Å². The van der Waals surface area contributed by atoms with E-state index in [-0.39, 0.29) is 80.9 Å². The number of nitrogens with zero attached hydrogens (tertiary/aromatic N) is 3. The van der Waals surface area contributed by atoms with Crippen LogP contribution in [0.5, 0.6) is 17.2 Å². The molecule has 1 radical (unpaired) electrons. The Hall–Kier alpha value is -2.01. The van der Waals surface area contributed by atoms with Crippen molar-refractivity contribution in [2.45, 2.75) is 242 Å². The van der Waals surface area contributed by atoms with Crippen molar-refractivity contribution in [2.75, 3.05) is 39.3 Å². The van der Waals surface area contributed by atoms with Crippen LogP contribution in [-0.4, -0.2) is 54.0 Å². The second-order valence-electron chi connectivity index (χ2n) is 28.1. The van der Waals surface area contributed by atoms with E-state index in [1.54, 1.807) is 0 Å². The molecule has 3 fully saturated rings. The molecular formula is C63H102N3O3U. The maximum atomic E-state index is 14.2. The van der Waals surface area contributed by atoms with Gasteiger partial charge in [0.1, 0.15) is 0 Å². The first-order valence-electron chi connectivity index (χ1n) is 27.3. The maximum absolute atomic E-state index is 14.2. The van der Waals surface area contributed by atoms with E-state index in [2.05, 4.69) is 190 Å². The van der Waals surface area contributed by atoms with Gasteiger partial charge in [0, 0.05) is 58.9 Å². The third-order valence-electron chi connectivity index (χ3n) is 15.2. The molecule has 3 aromatic rings. The van der Waals surface area contributed by atoms with E-state index in [1.807, 2.05) is 0 Å². The summed E-state index contributed by atoms with van der Waals surface area (Å²) in [6.07, 6.45) is 11.9. The van der Waals surface area contributed by atoms with Crippen molar-refractivity contribution >= 4 is 0 Å². The predicted molar refractivity (Wildman–Crippen MR) is 291 cm³/mol. The molecule has 0 atom stereocenters. The van der Waals surface area contributed by atoms with E-state index >= 15 is 0 Å².